The molecule has 0 radical (unpaired) electrons. The molecule has 1 heterocycles. The lowest BCUT2D eigenvalue weighted by molar-refractivity contribution is -0.121. The fraction of sp³-hybridized carbons (Fsp3) is 0.222. The van der Waals surface area contributed by atoms with E-state index >= 15 is 0 Å². The van der Waals surface area contributed by atoms with Gasteiger partial charge in [-0.15, -0.1) is 0 Å². The number of fused-ring (bicyclic) bond motifs is 1. The predicted molar refractivity (Wildman–Crippen MR) is 127 cm³/mol. The first-order chi connectivity index (χ1) is 15.7. The van der Waals surface area contributed by atoms with Crippen molar-refractivity contribution in [1.82, 2.24) is 10.3 Å². The topological polar surface area (TPSA) is 63.4 Å². The molecule has 2 N–H and O–H groups in total. The summed E-state index contributed by atoms with van der Waals surface area (Å²) in [6.07, 6.45) is 2.37. The number of methoxy groups -OCH3 is 1. The van der Waals surface area contributed by atoms with Gasteiger partial charge in [-0.2, -0.15) is 0 Å². The molecule has 0 saturated heterocycles. The highest BCUT2D eigenvalue weighted by Gasteiger charge is 2.21. The Balaban J connectivity index is 1.54. The normalized spacial score (nSPS) is 11.9. The minimum absolute atomic E-state index is 0.00161. The van der Waals surface area contributed by atoms with Gasteiger partial charge in [-0.1, -0.05) is 60.7 Å². The van der Waals surface area contributed by atoms with E-state index in [4.69, 9.17) is 9.47 Å². The van der Waals surface area contributed by atoms with E-state index in [1.165, 1.54) is 0 Å². The Labute approximate surface area is 188 Å². The van der Waals surface area contributed by atoms with Crippen LogP contribution in [-0.4, -0.2) is 31.2 Å². The molecule has 5 nitrogen and oxygen atoms in total. The first-order valence-corrected chi connectivity index (χ1v) is 10.8. The third-order valence-electron chi connectivity index (χ3n) is 5.55. The first kappa shape index (κ1) is 21.7. The van der Waals surface area contributed by atoms with Crippen LogP contribution in [-0.2, 0) is 16.1 Å². The van der Waals surface area contributed by atoms with Gasteiger partial charge < -0.3 is 19.8 Å². The van der Waals surface area contributed by atoms with Crippen molar-refractivity contribution in [3.63, 3.8) is 0 Å². The van der Waals surface area contributed by atoms with Crippen molar-refractivity contribution in [2.24, 2.45) is 0 Å². The Hall–Kier alpha value is -3.57. The van der Waals surface area contributed by atoms with E-state index < -0.39 is 0 Å². The molecular weight excluding hydrogens is 400 g/mol. The Kier molecular flexibility index (Phi) is 7.20. The van der Waals surface area contributed by atoms with Crippen LogP contribution in [0.2, 0.25) is 0 Å². The number of nitrogens with one attached hydrogen (secondary N) is 2. The highest BCUT2D eigenvalue weighted by atomic mass is 16.5. The molecule has 1 amide bonds. The number of benzene rings is 3. The number of aromatic amines is 1. The molecule has 0 spiro atoms. The van der Waals surface area contributed by atoms with Gasteiger partial charge in [0.15, 0.2) is 0 Å². The second-order valence-electron chi connectivity index (χ2n) is 7.73. The average Bonchev–Trinajstić information content (AvgIpc) is 3.26. The average molecular weight is 429 g/mol. The van der Waals surface area contributed by atoms with Gasteiger partial charge in [0.1, 0.15) is 12.4 Å². The molecule has 0 aliphatic heterocycles. The molecule has 4 rings (SSSR count). The van der Waals surface area contributed by atoms with Crippen molar-refractivity contribution in [3.05, 3.63) is 102 Å². The van der Waals surface area contributed by atoms with Crippen LogP contribution in [0.4, 0.5) is 0 Å². The quantitative estimate of drug-likeness (QED) is 0.348. The molecule has 5 heteroatoms. The molecule has 3 aromatic carbocycles. The van der Waals surface area contributed by atoms with Gasteiger partial charge in [-0.3, -0.25) is 4.79 Å². The molecule has 0 fully saturated rings. The molecule has 4 aromatic rings. The number of carbonyl (C=O) groups excluding carboxylic acids is 1. The highest BCUT2D eigenvalue weighted by Crippen LogP contribution is 2.34. The maximum Gasteiger partial charge on any atom is 0.221 e. The third kappa shape index (κ3) is 5.37. The standard InChI is InChI=1S/C27H28N2O3/c1-31-16-15-28-27(30)17-24(25-18-29-26-10-6-5-9-23(25)26)21-11-13-22(14-12-21)32-19-20-7-3-2-4-8-20/h2-14,18,24,29H,15-17,19H2,1H3,(H,28,30). The zero-order valence-corrected chi connectivity index (χ0v) is 18.2. The molecule has 32 heavy (non-hydrogen) atoms. The number of ether oxygens (including phenoxy) is 2. The second-order valence-corrected chi connectivity index (χ2v) is 7.73. The van der Waals surface area contributed by atoms with E-state index in [-0.39, 0.29) is 11.8 Å². The molecular formula is C27H28N2O3. The van der Waals surface area contributed by atoms with E-state index in [0.717, 1.165) is 33.3 Å². The van der Waals surface area contributed by atoms with Crippen LogP contribution in [0, 0.1) is 0 Å². The second kappa shape index (κ2) is 10.6. The van der Waals surface area contributed by atoms with Gasteiger partial charge >= 0.3 is 0 Å². The lowest BCUT2D eigenvalue weighted by Gasteiger charge is -2.18. The smallest absolute Gasteiger partial charge is 0.221 e. The van der Waals surface area contributed by atoms with Gasteiger partial charge in [0.25, 0.3) is 0 Å². The van der Waals surface area contributed by atoms with Crippen LogP contribution in [0.25, 0.3) is 10.9 Å². The summed E-state index contributed by atoms with van der Waals surface area (Å²) in [4.78, 5) is 16.0. The summed E-state index contributed by atoms with van der Waals surface area (Å²) in [5, 5.41) is 4.08. The number of aromatic nitrogens is 1. The van der Waals surface area contributed by atoms with Crippen LogP contribution >= 0.6 is 0 Å². The number of para-hydroxylation sites is 1. The van der Waals surface area contributed by atoms with Crippen LogP contribution in [0.3, 0.4) is 0 Å². The van der Waals surface area contributed by atoms with Gasteiger partial charge in [0.2, 0.25) is 5.91 Å². The molecule has 0 aliphatic carbocycles. The fourth-order valence-corrected chi connectivity index (χ4v) is 3.88. The Morgan fingerprint density at radius 3 is 2.50 bits per heavy atom. The maximum absolute atomic E-state index is 12.7. The predicted octanol–water partition coefficient (Wildman–Crippen LogP) is 5.03. The van der Waals surface area contributed by atoms with Gasteiger partial charge in [-0.25, -0.2) is 0 Å². The summed E-state index contributed by atoms with van der Waals surface area (Å²) in [6, 6.07) is 26.3. The molecule has 0 saturated carbocycles. The fourth-order valence-electron chi connectivity index (χ4n) is 3.88. The Morgan fingerprint density at radius 2 is 1.72 bits per heavy atom. The molecule has 1 aromatic heterocycles. The molecule has 1 unspecified atom stereocenters. The van der Waals surface area contributed by atoms with Gasteiger partial charge in [0, 0.05) is 43.1 Å². The van der Waals surface area contributed by atoms with Crippen molar-refractivity contribution in [1.29, 1.82) is 0 Å². The summed E-state index contributed by atoms with van der Waals surface area (Å²) in [7, 11) is 1.63. The van der Waals surface area contributed by atoms with E-state index in [2.05, 4.69) is 34.6 Å². The van der Waals surface area contributed by atoms with Gasteiger partial charge in [0.05, 0.1) is 6.61 Å². The summed E-state index contributed by atoms with van der Waals surface area (Å²) in [5.41, 5.74) is 4.38. The highest BCUT2D eigenvalue weighted by molar-refractivity contribution is 5.86. The lowest BCUT2D eigenvalue weighted by atomic mass is 9.88. The Bertz CT molecular complexity index is 1140. The molecule has 0 aliphatic rings. The third-order valence-corrected chi connectivity index (χ3v) is 5.55. The molecule has 164 valence electrons. The lowest BCUT2D eigenvalue weighted by Crippen LogP contribution is -2.28. The van der Waals surface area contributed by atoms with Crippen molar-refractivity contribution in [3.8, 4) is 5.75 Å². The number of hydrogen-bond donors (Lipinski definition) is 2. The minimum atomic E-state index is -0.0723. The van der Waals surface area contributed by atoms with Crippen LogP contribution in [0.1, 0.15) is 29.0 Å². The summed E-state index contributed by atoms with van der Waals surface area (Å²) < 4.78 is 11.0. The number of carbonyl (C=O) groups is 1. The maximum atomic E-state index is 12.7. The largest absolute Gasteiger partial charge is 0.489 e. The first-order valence-electron chi connectivity index (χ1n) is 10.8. The number of hydrogen-bond acceptors (Lipinski definition) is 3. The summed E-state index contributed by atoms with van der Waals surface area (Å²) in [6.45, 7) is 1.52. The van der Waals surface area contributed by atoms with Crippen LogP contribution in [0.15, 0.2) is 85.1 Å². The van der Waals surface area contributed by atoms with Crippen molar-refractivity contribution >= 4 is 16.8 Å². The van der Waals surface area contributed by atoms with Crippen LogP contribution in [0.5, 0.6) is 5.75 Å². The zero-order valence-electron chi connectivity index (χ0n) is 18.2. The van der Waals surface area contributed by atoms with Crippen LogP contribution < -0.4 is 10.1 Å². The number of rotatable bonds is 10. The Morgan fingerprint density at radius 1 is 0.969 bits per heavy atom. The van der Waals surface area contributed by atoms with Crippen molar-refractivity contribution in [2.45, 2.75) is 18.9 Å². The summed E-state index contributed by atoms with van der Waals surface area (Å²) in [5.74, 6) is 0.735. The minimum Gasteiger partial charge on any atom is -0.489 e. The molecule has 0 bridgehead atoms. The zero-order chi connectivity index (χ0) is 22.2. The SMILES string of the molecule is COCCNC(=O)CC(c1ccc(OCc2ccccc2)cc1)c1c[nH]c2ccccc12. The number of H-pyrrole nitrogens is 1. The van der Waals surface area contributed by atoms with Crippen molar-refractivity contribution in [2.75, 3.05) is 20.3 Å². The van der Waals surface area contributed by atoms with E-state index in [0.29, 0.717) is 26.2 Å². The van der Waals surface area contributed by atoms with E-state index in [1.54, 1.807) is 7.11 Å². The number of amides is 1. The summed E-state index contributed by atoms with van der Waals surface area (Å²) >= 11 is 0. The van der Waals surface area contributed by atoms with Crippen molar-refractivity contribution < 1.29 is 14.3 Å². The molecule has 1 atom stereocenters. The van der Waals surface area contributed by atoms with E-state index in [1.807, 2.05) is 60.8 Å². The van der Waals surface area contributed by atoms with E-state index in [9.17, 15) is 4.79 Å². The monoisotopic (exact) mass is 428 g/mol. The van der Waals surface area contributed by atoms with Gasteiger partial charge in [-0.05, 0) is 34.9 Å².